The van der Waals surface area contributed by atoms with Gasteiger partial charge in [0.25, 0.3) is 0 Å². The van der Waals surface area contributed by atoms with Crippen molar-refractivity contribution in [2.24, 2.45) is 0 Å². The molecular formula is C9H12B3F12O-3. The van der Waals surface area contributed by atoms with E-state index in [0.29, 0.717) is 0 Å². The summed E-state index contributed by atoms with van der Waals surface area (Å²) < 4.78 is 122. The van der Waals surface area contributed by atoms with Gasteiger partial charge in [0.15, 0.2) is 0 Å². The lowest BCUT2D eigenvalue weighted by molar-refractivity contribution is 0.134. The van der Waals surface area contributed by atoms with E-state index in [1.807, 2.05) is 25.1 Å². The second kappa shape index (κ2) is 13.8. The largest absolute Gasteiger partial charge is 0.673 e. The van der Waals surface area contributed by atoms with E-state index in [-0.39, 0.29) is 0 Å². The van der Waals surface area contributed by atoms with E-state index in [2.05, 4.69) is 12.1 Å². The lowest BCUT2D eigenvalue weighted by atomic mass is 10.2. The zero-order chi connectivity index (χ0) is 20.7. The zero-order valence-corrected chi connectivity index (χ0v) is 12.5. The molecule has 0 aliphatic carbocycles. The van der Waals surface area contributed by atoms with Crippen LogP contribution in [-0.4, -0.2) is 28.4 Å². The highest BCUT2D eigenvalue weighted by molar-refractivity contribution is 6.50. The maximum atomic E-state index is 9.75. The fourth-order valence-electron chi connectivity index (χ4n) is 0.794. The molecule has 1 rings (SSSR count). The first-order valence-corrected chi connectivity index (χ1v) is 6.17. The van der Waals surface area contributed by atoms with Crippen molar-refractivity contribution in [3.05, 3.63) is 35.9 Å². The average molecular weight is 397 g/mol. The van der Waals surface area contributed by atoms with E-state index in [1.54, 1.807) is 0 Å². The van der Waals surface area contributed by atoms with E-state index >= 15 is 0 Å². The third kappa shape index (κ3) is 85.6. The lowest BCUT2D eigenvalue weighted by Gasteiger charge is -1.98. The molecule has 25 heavy (non-hydrogen) atoms. The molecule has 0 unspecified atom stereocenters. The summed E-state index contributed by atoms with van der Waals surface area (Å²) in [5.41, 5.74) is 1.24. The Morgan fingerprint density at radius 2 is 0.920 bits per heavy atom. The van der Waals surface area contributed by atoms with Crippen LogP contribution in [0.1, 0.15) is 12.5 Å². The predicted molar refractivity (Wildman–Crippen MR) is 72.3 cm³/mol. The summed E-state index contributed by atoms with van der Waals surface area (Å²) in [7, 11) is -18.0. The molecule has 0 fully saturated rings. The molecule has 1 aromatic rings. The first kappa shape index (κ1) is 28.3. The molecule has 0 spiro atoms. The Morgan fingerprint density at radius 3 is 1.16 bits per heavy atom. The van der Waals surface area contributed by atoms with Crippen LogP contribution >= 0.6 is 0 Å². The number of hydrogen-bond donors (Lipinski definition) is 0. The van der Waals surface area contributed by atoms with E-state index in [4.69, 9.17) is 4.74 Å². The SMILES string of the molecule is CCOCc1ccccc1.F[B-](F)(F)F.F[B-](F)(F)F.F[B-](F)(F)F. The van der Waals surface area contributed by atoms with Gasteiger partial charge in [-0.1, -0.05) is 30.3 Å². The summed E-state index contributed by atoms with van der Waals surface area (Å²) in [4.78, 5) is 0. The highest BCUT2D eigenvalue weighted by Gasteiger charge is 2.21. The van der Waals surface area contributed by atoms with Crippen molar-refractivity contribution in [1.29, 1.82) is 0 Å². The third-order valence-corrected chi connectivity index (χ3v) is 1.32. The van der Waals surface area contributed by atoms with Gasteiger partial charge in [0.05, 0.1) is 6.61 Å². The van der Waals surface area contributed by atoms with Gasteiger partial charge in [0.2, 0.25) is 0 Å². The number of benzene rings is 1. The Bertz CT molecular complexity index is 358. The maximum Gasteiger partial charge on any atom is 0.673 e. The Hall–Kier alpha value is -1.47. The van der Waals surface area contributed by atoms with Crippen molar-refractivity contribution in [1.82, 2.24) is 0 Å². The number of ether oxygens (including phenoxy) is 1. The fourth-order valence-corrected chi connectivity index (χ4v) is 0.794. The standard InChI is InChI=1S/C9H12O.3BF4/c1-2-10-8-9-6-4-3-5-7-9;3*2-1(3,4)5/h3-7H,2,8H2,1H3;;;/q;3*-1. The second-order valence-electron chi connectivity index (χ2n) is 3.61. The molecule has 1 aromatic carbocycles. The van der Waals surface area contributed by atoms with Crippen molar-refractivity contribution in [2.45, 2.75) is 13.5 Å². The average Bonchev–Trinajstić information content (AvgIpc) is 2.31. The molecular weight excluding hydrogens is 385 g/mol. The minimum absolute atomic E-state index is 0.733. The van der Waals surface area contributed by atoms with Crippen LogP contribution in [0.15, 0.2) is 30.3 Å². The van der Waals surface area contributed by atoms with Gasteiger partial charge in [-0.15, -0.1) is 0 Å². The molecule has 0 aliphatic heterocycles. The summed E-state index contributed by atoms with van der Waals surface area (Å²) in [6, 6.07) is 10.2. The predicted octanol–water partition coefficient (Wildman–Crippen LogP) is 6.12. The van der Waals surface area contributed by atoms with Gasteiger partial charge >= 0.3 is 21.8 Å². The van der Waals surface area contributed by atoms with E-state index in [0.717, 1.165) is 13.2 Å². The number of hydrogen-bond acceptors (Lipinski definition) is 1. The monoisotopic (exact) mass is 397 g/mol. The van der Waals surface area contributed by atoms with Gasteiger partial charge in [0, 0.05) is 6.61 Å². The molecule has 0 bridgehead atoms. The molecule has 0 saturated heterocycles. The molecule has 0 aliphatic rings. The normalized spacial score (nSPS) is 11.1. The van der Waals surface area contributed by atoms with Crippen molar-refractivity contribution in [2.75, 3.05) is 6.61 Å². The topological polar surface area (TPSA) is 9.23 Å². The first-order valence-electron chi connectivity index (χ1n) is 6.17. The molecule has 0 heterocycles. The van der Waals surface area contributed by atoms with Crippen LogP contribution in [0.5, 0.6) is 0 Å². The van der Waals surface area contributed by atoms with Crippen molar-refractivity contribution >= 4 is 21.8 Å². The van der Waals surface area contributed by atoms with Crippen molar-refractivity contribution in [3.63, 3.8) is 0 Å². The maximum absolute atomic E-state index is 9.75. The first-order chi connectivity index (χ1) is 10.9. The van der Waals surface area contributed by atoms with Gasteiger partial charge in [-0.25, -0.2) is 0 Å². The molecule has 0 amide bonds. The molecule has 150 valence electrons. The van der Waals surface area contributed by atoms with Crippen LogP contribution in [0, 0.1) is 0 Å². The molecule has 0 atom stereocenters. The van der Waals surface area contributed by atoms with E-state index < -0.39 is 21.8 Å². The quantitative estimate of drug-likeness (QED) is 0.441. The fraction of sp³-hybridized carbons (Fsp3) is 0.333. The minimum Gasteiger partial charge on any atom is -0.418 e. The highest BCUT2D eigenvalue weighted by atomic mass is 19.5. The summed E-state index contributed by atoms with van der Waals surface area (Å²) >= 11 is 0. The van der Waals surface area contributed by atoms with Crippen LogP contribution in [0.3, 0.4) is 0 Å². The van der Waals surface area contributed by atoms with Crippen LogP contribution in [-0.2, 0) is 11.3 Å². The minimum atomic E-state index is -6.00. The summed E-state index contributed by atoms with van der Waals surface area (Å²) in [5.74, 6) is 0. The van der Waals surface area contributed by atoms with E-state index in [1.165, 1.54) is 5.56 Å². The Balaban J connectivity index is -0.000000279. The zero-order valence-electron chi connectivity index (χ0n) is 12.5. The Kier molecular flexibility index (Phi) is 15.6. The summed E-state index contributed by atoms with van der Waals surface area (Å²) in [6.07, 6.45) is 0. The third-order valence-electron chi connectivity index (χ3n) is 1.32. The molecule has 1 nitrogen and oxygen atoms in total. The Morgan fingerprint density at radius 1 is 0.640 bits per heavy atom. The molecule has 0 aromatic heterocycles. The second-order valence-corrected chi connectivity index (χ2v) is 3.61. The number of rotatable bonds is 3. The van der Waals surface area contributed by atoms with Crippen molar-refractivity contribution < 1.29 is 56.5 Å². The van der Waals surface area contributed by atoms with Crippen LogP contribution in [0.2, 0.25) is 0 Å². The van der Waals surface area contributed by atoms with Crippen LogP contribution < -0.4 is 0 Å². The highest BCUT2D eigenvalue weighted by Crippen LogP contribution is 2.07. The molecule has 0 N–H and O–H groups in total. The van der Waals surface area contributed by atoms with Crippen LogP contribution in [0.25, 0.3) is 0 Å². The molecule has 0 radical (unpaired) electrons. The van der Waals surface area contributed by atoms with Gasteiger partial charge in [-0.3, -0.25) is 0 Å². The molecule has 16 heteroatoms. The van der Waals surface area contributed by atoms with E-state index in [9.17, 15) is 51.8 Å². The molecule has 0 saturated carbocycles. The van der Waals surface area contributed by atoms with Gasteiger partial charge in [-0.2, -0.15) is 0 Å². The van der Waals surface area contributed by atoms with Gasteiger partial charge in [-0.05, 0) is 12.5 Å². The van der Waals surface area contributed by atoms with Gasteiger partial charge < -0.3 is 56.5 Å². The summed E-state index contributed by atoms with van der Waals surface area (Å²) in [6.45, 7) is 3.52. The van der Waals surface area contributed by atoms with Gasteiger partial charge in [0.1, 0.15) is 0 Å². The number of halogens is 12. The smallest absolute Gasteiger partial charge is 0.418 e. The lowest BCUT2D eigenvalue weighted by Crippen LogP contribution is -2.02. The Labute approximate surface area is 135 Å². The van der Waals surface area contributed by atoms with Crippen molar-refractivity contribution in [3.8, 4) is 0 Å². The van der Waals surface area contributed by atoms with Crippen LogP contribution in [0.4, 0.5) is 51.8 Å². The summed E-state index contributed by atoms with van der Waals surface area (Å²) in [5, 5.41) is 0.